The van der Waals surface area contributed by atoms with Crippen molar-refractivity contribution in [3.05, 3.63) is 59.7 Å². The van der Waals surface area contributed by atoms with Crippen molar-refractivity contribution >= 4 is 15.9 Å². The molecule has 0 bridgehead atoms. The van der Waals surface area contributed by atoms with Crippen molar-refractivity contribution in [3.63, 3.8) is 0 Å². The number of sulfonamides is 1. The zero-order valence-electron chi connectivity index (χ0n) is 24.9. The zero-order valence-corrected chi connectivity index (χ0v) is 25.7. The molecule has 1 N–H and O–H groups in total. The minimum absolute atomic E-state index is 0.0147. The van der Waals surface area contributed by atoms with E-state index in [0.29, 0.717) is 39.6 Å². The van der Waals surface area contributed by atoms with E-state index in [1.807, 2.05) is 6.07 Å². The molecule has 0 spiro atoms. The molecule has 2 aromatic carbocycles. The van der Waals surface area contributed by atoms with E-state index in [-0.39, 0.29) is 29.4 Å². The quantitative estimate of drug-likeness (QED) is 0.272. The highest BCUT2D eigenvalue weighted by Gasteiger charge is 2.22. The van der Waals surface area contributed by atoms with Crippen molar-refractivity contribution in [1.29, 1.82) is 0 Å². The summed E-state index contributed by atoms with van der Waals surface area (Å²) >= 11 is 0. The first-order chi connectivity index (χ1) is 20.5. The van der Waals surface area contributed by atoms with Crippen LogP contribution in [0.15, 0.2) is 53.4 Å². The first kappa shape index (κ1) is 34.0. The molecule has 1 fully saturated rings. The van der Waals surface area contributed by atoms with Crippen LogP contribution in [-0.4, -0.2) is 73.3 Å². The van der Waals surface area contributed by atoms with Gasteiger partial charge in [0.2, 0.25) is 0 Å². The fourth-order valence-electron chi connectivity index (χ4n) is 4.59. The lowest BCUT2D eigenvalue weighted by atomic mass is 10.0. The van der Waals surface area contributed by atoms with Crippen LogP contribution in [0, 0.1) is 0 Å². The third-order valence-corrected chi connectivity index (χ3v) is 8.29. The van der Waals surface area contributed by atoms with E-state index in [2.05, 4.69) is 11.6 Å². The van der Waals surface area contributed by atoms with E-state index >= 15 is 0 Å². The number of rotatable bonds is 15. The Morgan fingerprint density at radius 2 is 1.48 bits per heavy atom. The van der Waals surface area contributed by atoms with Gasteiger partial charge in [-0.15, -0.1) is 0 Å². The number of amides is 1. The number of nitrogens with one attached hydrogen (secondary N) is 1. The number of unbranched alkanes of at least 4 members (excludes halogenated alkanes) is 7. The van der Waals surface area contributed by atoms with Crippen molar-refractivity contribution in [2.24, 2.45) is 0 Å². The molecule has 0 radical (unpaired) electrons. The number of benzene rings is 2. The van der Waals surface area contributed by atoms with Gasteiger partial charge in [0.05, 0.1) is 56.7 Å². The largest absolute Gasteiger partial charge is 0.490 e. The van der Waals surface area contributed by atoms with Crippen molar-refractivity contribution in [2.45, 2.75) is 75.7 Å². The molecule has 1 aliphatic rings. The van der Waals surface area contributed by atoms with E-state index in [4.69, 9.17) is 23.7 Å². The number of carbonyl (C=O) groups excluding carboxylic acids is 1. The molecule has 234 valence electrons. The lowest BCUT2D eigenvalue weighted by Gasteiger charge is -2.21. The van der Waals surface area contributed by atoms with Gasteiger partial charge in [-0.2, -0.15) is 0 Å². The highest BCUT2D eigenvalue weighted by atomic mass is 32.2. The average Bonchev–Trinajstić information content (AvgIpc) is 2.99. The van der Waals surface area contributed by atoms with Crippen LogP contribution in [0.2, 0.25) is 0 Å². The minimum atomic E-state index is -4.06. The van der Waals surface area contributed by atoms with E-state index in [9.17, 15) is 13.2 Å². The molecule has 1 unspecified atom stereocenters. The van der Waals surface area contributed by atoms with E-state index in [0.717, 1.165) is 24.8 Å². The highest BCUT2D eigenvalue weighted by Crippen LogP contribution is 2.23. The summed E-state index contributed by atoms with van der Waals surface area (Å²) in [5.74, 6) is -0.460. The van der Waals surface area contributed by atoms with Gasteiger partial charge >= 0.3 is 0 Å². The lowest BCUT2D eigenvalue weighted by molar-refractivity contribution is -0.0774. The number of aryl methyl sites for hydroxylation is 1. The van der Waals surface area contributed by atoms with Gasteiger partial charge in [-0.05, 0) is 42.7 Å². The van der Waals surface area contributed by atoms with Crippen LogP contribution in [0.5, 0.6) is 5.75 Å². The Morgan fingerprint density at radius 1 is 0.833 bits per heavy atom. The predicted octanol–water partition coefficient (Wildman–Crippen LogP) is 5.32. The summed E-state index contributed by atoms with van der Waals surface area (Å²) in [6.07, 6.45) is 10.0. The van der Waals surface area contributed by atoms with Gasteiger partial charge in [-0.1, -0.05) is 76.1 Å². The molecular weight excluding hydrogens is 558 g/mol. The normalized spacial score (nSPS) is 17.1. The number of carbonyl (C=O) groups is 1. The van der Waals surface area contributed by atoms with Crippen LogP contribution in [-0.2, 0) is 35.4 Å². The predicted molar refractivity (Wildman–Crippen MR) is 162 cm³/mol. The van der Waals surface area contributed by atoms with Crippen LogP contribution in [0.3, 0.4) is 0 Å². The molecule has 1 heterocycles. The van der Waals surface area contributed by atoms with E-state index < -0.39 is 22.0 Å². The highest BCUT2D eigenvalue weighted by molar-refractivity contribution is 7.90. The maximum absolute atomic E-state index is 13.4. The molecule has 3 rings (SSSR count). The molecule has 0 saturated carbocycles. The summed E-state index contributed by atoms with van der Waals surface area (Å²) in [4.78, 5) is 13.4. The summed E-state index contributed by atoms with van der Waals surface area (Å²) < 4.78 is 56.6. The van der Waals surface area contributed by atoms with Crippen LogP contribution in [0.25, 0.3) is 0 Å². The van der Waals surface area contributed by atoms with Gasteiger partial charge in [-0.25, -0.2) is 13.1 Å². The van der Waals surface area contributed by atoms with E-state index in [1.165, 1.54) is 50.7 Å². The van der Waals surface area contributed by atoms with Crippen molar-refractivity contribution in [1.82, 2.24) is 4.72 Å². The summed E-state index contributed by atoms with van der Waals surface area (Å²) in [5.41, 5.74) is 1.12. The Morgan fingerprint density at radius 3 is 2.19 bits per heavy atom. The molecular formula is C32H47NO8S. The Balaban J connectivity index is 1.67. The van der Waals surface area contributed by atoms with Gasteiger partial charge in [0.1, 0.15) is 18.5 Å². The molecule has 10 heteroatoms. The van der Waals surface area contributed by atoms with Gasteiger partial charge < -0.3 is 23.7 Å². The zero-order chi connectivity index (χ0) is 29.9. The second-order valence-electron chi connectivity index (χ2n) is 10.4. The van der Waals surface area contributed by atoms with Crippen molar-refractivity contribution in [3.8, 4) is 5.75 Å². The van der Waals surface area contributed by atoms with Gasteiger partial charge in [0.15, 0.2) is 0 Å². The molecule has 2 aromatic rings. The van der Waals surface area contributed by atoms with Gasteiger partial charge in [-0.3, -0.25) is 4.79 Å². The number of hydrogen-bond donors (Lipinski definition) is 1. The SMILES string of the molecule is CCCCCCCCCCc1ccc(OCC2COCCOCCOCCO2)c(C(=O)NS(=O)(=O)c2ccccc2)c1. The molecule has 0 aliphatic carbocycles. The maximum atomic E-state index is 13.4. The van der Waals surface area contributed by atoms with Crippen LogP contribution in [0.4, 0.5) is 0 Å². The summed E-state index contributed by atoms with van der Waals surface area (Å²) in [7, 11) is -4.06. The second kappa shape index (κ2) is 19.6. The molecule has 1 amide bonds. The van der Waals surface area contributed by atoms with Crippen molar-refractivity contribution < 1.29 is 36.9 Å². The summed E-state index contributed by atoms with van der Waals surface area (Å²) in [5, 5.41) is 0. The van der Waals surface area contributed by atoms with Gasteiger partial charge in [0.25, 0.3) is 15.9 Å². The Bertz CT molecular complexity index is 1130. The Labute approximate surface area is 251 Å². The molecule has 1 aliphatic heterocycles. The van der Waals surface area contributed by atoms with Crippen LogP contribution in [0.1, 0.15) is 74.2 Å². The first-order valence-electron chi connectivity index (χ1n) is 15.2. The van der Waals surface area contributed by atoms with Crippen LogP contribution < -0.4 is 9.46 Å². The molecule has 1 saturated heterocycles. The monoisotopic (exact) mass is 605 g/mol. The lowest BCUT2D eigenvalue weighted by Crippen LogP contribution is -2.32. The molecule has 1 atom stereocenters. The summed E-state index contributed by atoms with van der Waals surface area (Å²) in [6.45, 7) is 5.26. The smallest absolute Gasteiger partial charge is 0.268 e. The fraction of sp³-hybridized carbons (Fsp3) is 0.594. The van der Waals surface area contributed by atoms with E-state index in [1.54, 1.807) is 30.3 Å². The molecule has 9 nitrogen and oxygen atoms in total. The van der Waals surface area contributed by atoms with Crippen molar-refractivity contribution in [2.75, 3.05) is 52.9 Å². The Kier molecular flexibility index (Phi) is 15.9. The molecule has 0 aromatic heterocycles. The van der Waals surface area contributed by atoms with Crippen LogP contribution >= 0.6 is 0 Å². The maximum Gasteiger partial charge on any atom is 0.268 e. The second-order valence-corrected chi connectivity index (χ2v) is 12.1. The average molecular weight is 606 g/mol. The fourth-order valence-corrected chi connectivity index (χ4v) is 5.58. The summed E-state index contributed by atoms with van der Waals surface area (Å²) in [6, 6.07) is 13.2. The Hall–Kier alpha value is -2.50. The molecule has 42 heavy (non-hydrogen) atoms. The first-order valence-corrected chi connectivity index (χ1v) is 16.7. The third kappa shape index (κ3) is 12.8. The topological polar surface area (TPSA) is 109 Å². The third-order valence-electron chi connectivity index (χ3n) is 6.94. The number of ether oxygens (including phenoxy) is 5. The van der Waals surface area contributed by atoms with Gasteiger partial charge in [0, 0.05) is 0 Å². The number of hydrogen-bond acceptors (Lipinski definition) is 8. The standard InChI is InChI=1S/C32H47NO8S/c1-2-3-4-5-6-7-8-10-13-27-16-17-31(41-26-28-25-39-21-20-37-18-19-38-22-23-40-28)30(24-27)32(34)33-42(35,36)29-14-11-9-12-15-29/h9,11-12,14-17,24,28H,2-8,10,13,18-23,25-26H2,1H3,(H,33,34). The minimum Gasteiger partial charge on any atom is -0.490 e.